The van der Waals surface area contributed by atoms with Crippen LogP contribution >= 0.6 is 0 Å². The molecule has 1 heterocycles. The van der Waals surface area contributed by atoms with E-state index < -0.39 is 39.7 Å². The highest BCUT2D eigenvalue weighted by Crippen LogP contribution is 2.25. The van der Waals surface area contributed by atoms with E-state index in [-0.39, 0.29) is 11.6 Å². The lowest BCUT2D eigenvalue weighted by molar-refractivity contribution is -0.128. The Labute approximate surface area is 264 Å². The molecule has 0 saturated heterocycles. The third-order valence-electron chi connectivity index (χ3n) is 7.71. The molecule has 5 aromatic rings. The summed E-state index contributed by atoms with van der Waals surface area (Å²) in [7, 11) is -3.74. The van der Waals surface area contributed by atoms with Crippen molar-refractivity contribution in [3.63, 3.8) is 0 Å². The van der Waals surface area contributed by atoms with E-state index in [4.69, 9.17) is 4.42 Å². The van der Waals surface area contributed by atoms with E-state index in [0.29, 0.717) is 42.6 Å². The predicted molar refractivity (Wildman–Crippen MR) is 176 cm³/mol. The van der Waals surface area contributed by atoms with Crippen LogP contribution in [0.2, 0.25) is 0 Å². The summed E-state index contributed by atoms with van der Waals surface area (Å²) in [5, 5.41) is 14.4. The van der Waals surface area contributed by atoms with Crippen LogP contribution < -0.4 is 5.32 Å². The van der Waals surface area contributed by atoms with Crippen LogP contribution in [0.25, 0.3) is 11.1 Å². The highest BCUT2D eigenvalue weighted by atomic mass is 32.2. The first kappa shape index (κ1) is 32.1. The Bertz CT molecular complexity index is 1690. The third-order valence-corrected chi connectivity index (χ3v) is 9.31. The van der Waals surface area contributed by atoms with Crippen LogP contribution in [0.5, 0.6) is 0 Å². The number of rotatable bonds is 15. The zero-order valence-electron chi connectivity index (χ0n) is 25.3. The highest BCUT2D eigenvalue weighted by Gasteiger charge is 2.35. The number of aliphatic hydroxyl groups is 1. The van der Waals surface area contributed by atoms with Crippen molar-refractivity contribution in [3.8, 4) is 0 Å². The molecule has 0 radical (unpaired) electrons. The van der Waals surface area contributed by atoms with Crippen LogP contribution in [0, 0.1) is 0 Å². The largest absolute Gasteiger partial charge is 0.438 e. The van der Waals surface area contributed by atoms with Crippen molar-refractivity contribution >= 4 is 26.8 Å². The summed E-state index contributed by atoms with van der Waals surface area (Å²) in [5.74, 6) is -0.960. The number of aliphatic hydroxyl groups excluding tert-OH is 1. The molecular formula is C36H39N3O5S. The Kier molecular flexibility index (Phi) is 10.8. The number of oxazole rings is 1. The number of sulfone groups is 1. The molecule has 0 fully saturated rings. The van der Waals surface area contributed by atoms with Crippen molar-refractivity contribution in [2.45, 2.75) is 56.8 Å². The lowest BCUT2D eigenvalue weighted by atomic mass is 10.0. The lowest BCUT2D eigenvalue weighted by Crippen LogP contribution is -2.53. The van der Waals surface area contributed by atoms with E-state index >= 15 is 0 Å². The molecule has 1 unspecified atom stereocenters. The van der Waals surface area contributed by atoms with Crippen molar-refractivity contribution in [3.05, 3.63) is 138 Å². The van der Waals surface area contributed by atoms with Crippen molar-refractivity contribution in [1.82, 2.24) is 15.2 Å². The Balaban J connectivity index is 1.47. The molecule has 4 aromatic carbocycles. The number of para-hydroxylation sites is 2. The van der Waals surface area contributed by atoms with Gasteiger partial charge in [0.1, 0.15) is 11.6 Å². The van der Waals surface area contributed by atoms with Gasteiger partial charge in [0.2, 0.25) is 11.8 Å². The lowest BCUT2D eigenvalue weighted by Gasteiger charge is -2.33. The fraction of sp³-hybridized carbons (Fsp3) is 0.278. The van der Waals surface area contributed by atoms with Crippen molar-refractivity contribution in [2.75, 3.05) is 5.75 Å². The number of benzene rings is 4. The van der Waals surface area contributed by atoms with E-state index in [9.17, 15) is 18.3 Å². The molecular weight excluding hydrogens is 586 g/mol. The zero-order chi connectivity index (χ0) is 31.6. The first-order chi connectivity index (χ1) is 21.8. The van der Waals surface area contributed by atoms with Gasteiger partial charge in [0.15, 0.2) is 21.5 Å². The summed E-state index contributed by atoms with van der Waals surface area (Å²) in [4.78, 5) is 20.7. The van der Waals surface area contributed by atoms with Gasteiger partial charge in [-0.15, -0.1) is 0 Å². The van der Waals surface area contributed by atoms with Gasteiger partial charge < -0.3 is 14.8 Å². The Hall–Kier alpha value is -4.31. The minimum atomic E-state index is -3.74. The normalized spacial score (nSPS) is 13.8. The first-order valence-electron chi connectivity index (χ1n) is 15.2. The SMILES string of the molecule is CCCC(NC(=O)[C@H](CS(=O)(=O)Cc1ccccc1)N(Cc1ccccc1)Cc1ccccc1)[C@H](O)c1nc2ccccc2o1. The molecule has 1 amide bonds. The average molecular weight is 626 g/mol. The smallest absolute Gasteiger partial charge is 0.238 e. The topological polar surface area (TPSA) is 113 Å². The number of nitrogens with zero attached hydrogens (tertiary/aromatic N) is 2. The van der Waals surface area contributed by atoms with Crippen LogP contribution in [0.4, 0.5) is 0 Å². The Morgan fingerprint density at radius 2 is 1.36 bits per heavy atom. The van der Waals surface area contributed by atoms with Gasteiger partial charge in [-0.05, 0) is 35.2 Å². The van der Waals surface area contributed by atoms with Gasteiger partial charge in [0.05, 0.1) is 17.5 Å². The zero-order valence-corrected chi connectivity index (χ0v) is 26.1. The number of nitrogens with one attached hydrogen (secondary N) is 1. The fourth-order valence-electron chi connectivity index (χ4n) is 5.47. The van der Waals surface area contributed by atoms with Gasteiger partial charge in [-0.3, -0.25) is 9.69 Å². The van der Waals surface area contributed by atoms with Crippen LogP contribution in [0.3, 0.4) is 0 Å². The van der Waals surface area contributed by atoms with E-state index in [2.05, 4.69) is 10.3 Å². The summed E-state index contributed by atoms with van der Waals surface area (Å²) < 4.78 is 33.3. The molecule has 9 heteroatoms. The van der Waals surface area contributed by atoms with Gasteiger partial charge in [-0.25, -0.2) is 13.4 Å². The quantitative estimate of drug-likeness (QED) is 0.151. The molecule has 3 atom stereocenters. The maximum absolute atomic E-state index is 14.3. The number of carbonyl (C=O) groups excluding carboxylic acids is 1. The molecule has 8 nitrogen and oxygen atoms in total. The molecule has 2 N–H and O–H groups in total. The number of fused-ring (bicyclic) bond motifs is 1. The van der Waals surface area contributed by atoms with E-state index in [1.165, 1.54) is 0 Å². The molecule has 0 aliphatic carbocycles. The second kappa shape index (κ2) is 15.1. The molecule has 234 valence electrons. The third kappa shape index (κ3) is 8.88. The molecule has 45 heavy (non-hydrogen) atoms. The second-order valence-corrected chi connectivity index (χ2v) is 13.4. The Morgan fingerprint density at radius 3 is 1.91 bits per heavy atom. The maximum atomic E-state index is 14.3. The summed E-state index contributed by atoms with van der Waals surface area (Å²) in [6.07, 6.45) is -0.122. The van der Waals surface area contributed by atoms with Gasteiger partial charge in [-0.2, -0.15) is 0 Å². The maximum Gasteiger partial charge on any atom is 0.238 e. The summed E-state index contributed by atoms with van der Waals surface area (Å²) >= 11 is 0. The van der Waals surface area contributed by atoms with Gasteiger partial charge >= 0.3 is 0 Å². The number of aromatic nitrogens is 1. The molecule has 0 aliphatic rings. The predicted octanol–water partition coefficient (Wildman–Crippen LogP) is 5.83. The second-order valence-electron chi connectivity index (χ2n) is 11.3. The molecule has 0 aliphatic heterocycles. The fourth-order valence-corrected chi connectivity index (χ4v) is 7.14. The number of hydrogen-bond acceptors (Lipinski definition) is 7. The van der Waals surface area contributed by atoms with E-state index in [1.54, 1.807) is 36.4 Å². The molecule has 1 aromatic heterocycles. The van der Waals surface area contributed by atoms with Crippen molar-refractivity contribution < 1.29 is 22.7 Å². The summed E-state index contributed by atoms with van der Waals surface area (Å²) in [6.45, 7) is 2.65. The number of amides is 1. The summed E-state index contributed by atoms with van der Waals surface area (Å²) in [5.41, 5.74) is 3.70. The first-order valence-corrected chi connectivity index (χ1v) is 17.0. The number of carbonyl (C=O) groups is 1. The van der Waals surface area contributed by atoms with Gasteiger partial charge in [-0.1, -0.05) is 116 Å². The summed E-state index contributed by atoms with van der Waals surface area (Å²) in [6, 6.07) is 33.8. The van der Waals surface area contributed by atoms with Crippen LogP contribution in [-0.4, -0.2) is 47.2 Å². The Morgan fingerprint density at radius 1 is 0.822 bits per heavy atom. The number of hydrogen-bond donors (Lipinski definition) is 2. The van der Waals surface area contributed by atoms with Crippen LogP contribution in [0.1, 0.15) is 48.5 Å². The molecule has 0 spiro atoms. The van der Waals surface area contributed by atoms with E-state index in [0.717, 1.165) is 11.1 Å². The molecule has 0 saturated carbocycles. The monoisotopic (exact) mass is 625 g/mol. The van der Waals surface area contributed by atoms with Gasteiger partial charge in [0, 0.05) is 13.1 Å². The van der Waals surface area contributed by atoms with Crippen LogP contribution in [0.15, 0.2) is 120 Å². The standard InChI is InChI=1S/C36H39N3O5S/c1-2-14-31(34(40)36-38-30-21-12-13-22-33(30)44-36)37-35(41)32(26-45(42,43)25-29-19-10-5-11-20-29)39(23-27-15-6-3-7-16-27)24-28-17-8-4-9-18-28/h3-13,15-22,31-32,34,40H,2,14,23-26H2,1H3,(H,37,41)/t31?,32-,34-/m0/s1. The highest BCUT2D eigenvalue weighted by molar-refractivity contribution is 7.90. The average Bonchev–Trinajstić information content (AvgIpc) is 3.49. The molecule has 0 bridgehead atoms. The van der Waals surface area contributed by atoms with Crippen molar-refractivity contribution in [2.24, 2.45) is 0 Å². The van der Waals surface area contributed by atoms with Crippen molar-refractivity contribution in [1.29, 1.82) is 0 Å². The minimum absolute atomic E-state index is 0.105. The van der Waals surface area contributed by atoms with Crippen LogP contribution in [-0.2, 0) is 33.5 Å². The van der Waals surface area contributed by atoms with E-state index in [1.807, 2.05) is 90.7 Å². The van der Waals surface area contributed by atoms with Gasteiger partial charge in [0.25, 0.3) is 0 Å². The minimum Gasteiger partial charge on any atom is -0.438 e. The molecule has 5 rings (SSSR count).